The topological polar surface area (TPSA) is 48.1 Å². The minimum atomic E-state index is -0.465. The van der Waals surface area contributed by atoms with E-state index in [4.69, 9.17) is 0 Å². The Labute approximate surface area is 70.3 Å². The molecule has 4 nitrogen and oxygen atoms in total. The van der Waals surface area contributed by atoms with Gasteiger partial charge in [0.1, 0.15) is 0 Å². The highest BCUT2D eigenvalue weighted by atomic mass is 16.6. The molecule has 1 heterocycles. The summed E-state index contributed by atoms with van der Waals surface area (Å²) < 4.78 is 1.93. The number of aryl methyl sites for hydroxylation is 1. The zero-order chi connectivity index (χ0) is 8.97. The van der Waals surface area contributed by atoms with Crippen molar-refractivity contribution < 1.29 is 4.92 Å². The van der Waals surface area contributed by atoms with E-state index in [-0.39, 0.29) is 0 Å². The van der Waals surface area contributed by atoms with E-state index < -0.39 is 4.92 Å². The van der Waals surface area contributed by atoms with Crippen molar-refractivity contribution in [1.82, 2.24) is 4.57 Å². The van der Waals surface area contributed by atoms with Crippen molar-refractivity contribution in [2.75, 3.05) is 0 Å². The number of rotatable bonds is 3. The number of nitrogens with zero attached hydrogens (tertiary/aromatic N) is 2. The summed E-state index contributed by atoms with van der Waals surface area (Å²) in [5.41, 5.74) is 0.856. The van der Waals surface area contributed by atoms with Crippen molar-refractivity contribution in [1.29, 1.82) is 0 Å². The van der Waals surface area contributed by atoms with Crippen molar-refractivity contribution in [2.45, 2.75) is 13.5 Å². The monoisotopic (exact) mass is 166 g/mol. The van der Waals surface area contributed by atoms with Gasteiger partial charge in [-0.2, -0.15) is 0 Å². The van der Waals surface area contributed by atoms with Gasteiger partial charge < -0.3 is 4.57 Å². The highest BCUT2D eigenvalue weighted by molar-refractivity contribution is 5.43. The summed E-state index contributed by atoms with van der Waals surface area (Å²) in [5, 5.41) is 10.0. The summed E-state index contributed by atoms with van der Waals surface area (Å²) in [6, 6.07) is 3.70. The Bertz CT molecular complexity index is 302. The van der Waals surface area contributed by atoms with Gasteiger partial charge in [0.15, 0.2) is 0 Å². The molecule has 4 heteroatoms. The fourth-order valence-corrected chi connectivity index (χ4v) is 1.00. The highest BCUT2D eigenvalue weighted by Crippen LogP contribution is 2.03. The van der Waals surface area contributed by atoms with Gasteiger partial charge in [-0.3, -0.25) is 10.1 Å². The summed E-state index contributed by atoms with van der Waals surface area (Å²) in [4.78, 5) is 9.54. The Morgan fingerprint density at radius 3 is 3.08 bits per heavy atom. The van der Waals surface area contributed by atoms with E-state index in [1.165, 1.54) is 6.08 Å². The summed E-state index contributed by atoms with van der Waals surface area (Å²) in [6.07, 6.45) is 4.32. The second kappa shape index (κ2) is 3.71. The predicted octanol–water partition coefficient (Wildman–Crippen LogP) is 1.76. The van der Waals surface area contributed by atoms with Gasteiger partial charge >= 0.3 is 0 Å². The molecule has 0 radical (unpaired) electrons. The van der Waals surface area contributed by atoms with Gasteiger partial charge in [-0.1, -0.05) is 0 Å². The van der Waals surface area contributed by atoms with Crippen LogP contribution in [-0.4, -0.2) is 9.49 Å². The van der Waals surface area contributed by atoms with Gasteiger partial charge in [0.05, 0.1) is 4.92 Å². The first kappa shape index (κ1) is 8.52. The molecular weight excluding hydrogens is 156 g/mol. The molecule has 0 atom stereocenters. The molecule has 0 aliphatic rings. The van der Waals surface area contributed by atoms with Gasteiger partial charge in [-0.05, 0) is 19.1 Å². The van der Waals surface area contributed by atoms with Crippen LogP contribution in [0.5, 0.6) is 0 Å². The van der Waals surface area contributed by atoms with E-state index >= 15 is 0 Å². The van der Waals surface area contributed by atoms with Crippen molar-refractivity contribution >= 4 is 6.08 Å². The lowest BCUT2D eigenvalue weighted by molar-refractivity contribution is -0.401. The van der Waals surface area contributed by atoms with Crippen LogP contribution in [0.2, 0.25) is 0 Å². The highest BCUT2D eigenvalue weighted by Gasteiger charge is 1.95. The number of aromatic nitrogens is 1. The second-order valence-corrected chi connectivity index (χ2v) is 2.32. The average Bonchev–Trinajstić information content (AvgIpc) is 2.47. The quantitative estimate of drug-likeness (QED) is 0.507. The lowest BCUT2D eigenvalue weighted by atomic mass is 10.4. The third-order valence-corrected chi connectivity index (χ3v) is 1.57. The third kappa shape index (κ3) is 1.95. The Morgan fingerprint density at radius 1 is 1.75 bits per heavy atom. The normalized spacial score (nSPS) is 10.8. The first-order valence-corrected chi connectivity index (χ1v) is 3.71. The van der Waals surface area contributed by atoms with Gasteiger partial charge in [-0.15, -0.1) is 0 Å². The molecule has 12 heavy (non-hydrogen) atoms. The third-order valence-electron chi connectivity index (χ3n) is 1.57. The van der Waals surface area contributed by atoms with Crippen LogP contribution in [0.3, 0.4) is 0 Å². The number of hydrogen-bond donors (Lipinski definition) is 0. The molecule has 0 spiro atoms. The SMILES string of the molecule is CCn1cccc1C=C[N+](=O)[O-]. The van der Waals surface area contributed by atoms with Gasteiger partial charge in [-0.25, -0.2) is 0 Å². The molecule has 0 bridgehead atoms. The predicted molar refractivity (Wildman–Crippen MR) is 46.1 cm³/mol. The maximum Gasteiger partial charge on any atom is 0.236 e. The van der Waals surface area contributed by atoms with Crippen molar-refractivity contribution in [3.8, 4) is 0 Å². The average molecular weight is 166 g/mol. The fraction of sp³-hybridized carbons (Fsp3) is 0.250. The minimum Gasteiger partial charge on any atom is -0.348 e. The molecule has 1 aromatic rings. The Morgan fingerprint density at radius 2 is 2.50 bits per heavy atom. The van der Waals surface area contributed by atoms with E-state index in [9.17, 15) is 10.1 Å². The zero-order valence-corrected chi connectivity index (χ0v) is 6.80. The van der Waals surface area contributed by atoms with E-state index in [2.05, 4.69) is 0 Å². The summed E-state index contributed by atoms with van der Waals surface area (Å²) >= 11 is 0. The summed E-state index contributed by atoms with van der Waals surface area (Å²) in [7, 11) is 0. The second-order valence-electron chi connectivity index (χ2n) is 2.32. The first-order valence-electron chi connectivity index (χ1n) is 3.71. The maximum atomic E-state index is 10.0. The standard InChI is InChI=1S/C8H10N2O2/c1-2-9-6-3-4-8(9)5-7-10(11)12/h3-7H,2H2,1H3. The molecule has 0 amide bonds. The molecule has 0 unspecified atom stereocenters. The lowest BCUT2D eigenvalue weighted by Gasteiger charge is -1.98. The Hall–Kier alpha value is -1.58. The first-order chi connectivity index (χ1) is 5.74. The van der Waals surface area contributed by atoms with Crippen molar-refractivity contribution in [3.63, 3.8) is 0 Å². The van der Waals surface area contributed by atoms with Crippen LogP contribution in [-0.2, 0) is 6.54 Å². The smallest absolute Gasteiger partial charge is 0.236 e. The Kier molecular flexibility index (Phi) is 2.63. The van der Waals surface area contributed by atoms with Crippen LogP contribution in [0.4, 0.5) is 0 Å². The van der Waals surface area contributed by atoms with Crippen LogP contribution in [0.15, 0.2) is 24.5 Å². The molecule has 0 fully saturated rings. The molecule has 64 valence electrons. The molecule has 0 aliphatic heterocycles. The number of hydrogen-bond acceptors (Lipinski definition) is 2. The molecule has 0 N–H and O–H groups in total. The molecule has 0 saturated heterocycles. The summed E-state index contributed by atoms with van der Waals surface area (Å²) in [5.74, 6) is 0. The largest absolute Gasteiger partial charge is 0.348 e. The minimum absolute atomic E-state index is 0.465. The van der Waals surface area contributed by atoms with Crippen LogP contribution in [0, 0.1) is 10.1 Å². The molecule has 0 saturated carbocycles. The van der Waals surface area contributed by atoms with E-state index in [0.717, 1.165) is 18.4 Å². The molecule has 0 aliphatic carbocycles. The molecule has 1 aromatic heterocycles. The maximum absolute atomic E-state index is 10.0. The van der Waals surface area contributed by atoms with Crippen LogP contribution < -0.4 is 0 Å². The molecule has 0 aromatic carbocycles. The van der Waals surface area contributed by atoms with Crippen LogP contribution in [0.1, 0.15) is 12.6 Å². The lowest BCUT2D eigenvalue weighted by Crippen LogP contribution is -1.94. The summed E-state index contributed by atoms with van der Waals surface area (Å²) in [6.45, 7) is 2.81. The zero-order valence-electron chi connectivity index (χ0n) is 6.80. The van der Waals surface area contributed by atoms with Crippen LogP contribution in [0.25, 0.3) is 6.08 Å². The Balaban J connectivity index is 2.81. The molecular formula is C8H10N2O2. The van der Waals surface area contributed by atoms with Crippen molar-refractivity contribution in [2.24, 2.45) is 0 Å². The van der Waals surface area contributed by atoms with E-state index in [0.29, 0.717) is 0 Å². The van der Waals surface area contributed by atoms with Crippen LogP contribution >= 0.6 is 0 Å². The van der Waals surface area contributed by atoms with E-state index in [1.54, 1.807) is 0 Å². The van der Waals surface area contributed by atoms with E-state index in [1.807, 2.05) is 29.8 Å². The van der Waals surface area contributed by atoms with Gasteiger partial charge in [0, 0.05) is 24.5 Å². The fourth-order valence-electron chi connectivity index (χ4n) is 1.00. The van der Waals surface area contributed by atoms with Gasteiger partial charge in [0.2, 0.25) is 6.20 Å². The van der Waals surface area contributed by atoms with Crippen molar-refractivity contribution in [3.05, 3.63) is 40.3 Å². The number of nitro groups is 1. The molecule has 1 rings (SSSR count). The van der Waals surface area contributed by atoms with Gasteiger partial charge in [0.25, 0.3) is 0 Å².